The predicted octanol–water partition coefficient (Wildman–Crippen LogP) is 3.06. The molecule has 1 saturated heterocycles. The van der Waals surface area contributed by atoms with Crippen molar-refractivity contribution in [2.75, 3.05) is 18.5 Å². The Morgan fingerprint density at radius 2 is 2.22 bits per heavy atom. The summed E-state index contributed by atoms with van der Waals surface area (Å²) < 4.78 is 5.47. The maximum Gasteiger partial charge on any atom is 0.286 e. The molecule has 9 heteroatoms. The van der Waals surface area contributed by atoms with E-state index < -0.39 is 0 Å². The van der Waals surface area contributed by atoms with Gasteiger partial charge < -0.3 is 15.4 Å². The molecule has 0 bridgehead atoms. The van der Waals surface area contributed by atoms with Gasteiger partial charge in [0.2, 0.25) is 10.9 Å². The number of ether oxygens (including phenoxy) is 1. The fourth-order valence-corrected chi connectivity index (χ4v) is 3.69. The number of aryl methyl sites for hydroxylation is 1. The highest BCUT2D eigenvalue weighted by Crippen LogP contribution is 2.18. The minimum absolute atomic E-state index is 0.00828. The number of amides is 2. The lowest BCUT2D eigenvalue weighted by Gasteiger charge is -2.10. The van der Waals surface area contributed by atoms with Gasteiger partial charge in [-0.25, -0.2) is 0 Å². The number of anilines is 1. The molecule has 1 aliphatic rings. The number of hydrogen-bond acceptors (Lipinski definition) is 6. The third-order valence-corrected chi connectivity index (χ3v) is 5.31. The lowest BCUT2D eigenvalue weighted by Crippen LogP contribution is -2.31. The van der Waals surface area contributed by atoms with Gasteiger partial charge in [-0.3, -0.25) is 9.59 Å². The van der Waals surface area contributed by atoms with Gasteiger partial charge in [0.25, 0.3) is 5.91 Å². The summed E-state index contributed by atoms with van der Waals surface area (Å²) in [5.41, 5.74) is 0.604. The summed E-state index contributed by atoms with van der Waals surface area (Å²) in [5.74, 6) is -0.315. The van der Waals surface area contributed by atoms with Crippen LogP contribution in [0, 0.1) is 0 Å². The first-order valence-corrected chi connectivity index (χ1v) is 10.1. The fourth-order valence-electron chi connectivity index (χ4n) is 2.72. The number of nitrogens with one attached hydrogen (secondary N) is 2. The highest BCUT2D eigenvalue weighted by atomic mass is 35.5. The number of carbonyl (C=O) groups excluding carboxylic acids is 2. The van der Waals surface area contributed by atoms with E-state index >= 15 is 0 Å². The number of benzene rings is 1. The Morgan fingerprint density at radius 3 is 3.00 bits per heavy atom. The molecule has 2 aromatic rings. The minimum Gasteiger partial charge on any atom is -0.376 e. The first-order chi connectivity index (χ1) is 13.1. The molecule has 0 saturated carbocycles. The average molecular weight is 409 g/mol. The van der Waals surface area contributed by atoms with Crippen molar-refractivity contribution in [3.05, 3.63) is 39.3 Å². The highest BCUT2D eigenvalue weighted by molar-refractivity contribution is 7.13. The number of aromatic nitrogens is 2. The molecule has 1 atom stereocenters. The summed E-state index contributed by atoms with van der Waals surface area (Å²) in [4.78, 5) is 24.1. The molecule has 0 radical (unpaired) electrons. The van der Waals surface area contributed by atoms with Crippen LogP contribution in [0.1, 0.15) is 40.5 Å². The second kappa shape index (κ2) is 9.77. The normalized spacial score (nSPS) is 16.3. The Labute approximate surface area is 166 Å². The van der Waals surface area contributed by atoms with Crippen molar-refractivity contribution in [1.82, 2.24) is 15.5 Å². The molecule has 144 valence electrons. The Balaban J connectivity index is 1.39. The molecular formula is C18H21ClN4O3S. The van der Waals surface area contributed by atoms with E-state index in [1.165, 1.54) is 11.3 Å². The quantitative estimate of drug-likeness (QED) is 0.700. The van der Waals surface area contributed by atoms with E-state index in [0.29, 0.717) is 36.5 Å². The molecule has 7 nitrogen and oxygen atoms in total. The van der Waals surface area contributed by atoms with Crippen LogP contribution < -0.4 is 10.6 Å². The molecule has 1 aliphatic heterocycles. The van der Waals surface area contributed by atoms with Crippen molar-refractivity contribution >= 4 is 40.4 Å². The first-order valence-electron chi connectivity index (χ1n) is 8.88. The van der Waals surface area contributed by atoms with E-state index in [2.05, 4.69) is 20.8 Å². The smallest absolute Gasteiger partial charge is 0.286 e. The molecule has 1 fully saturated rings. The molecule has 3 rings (SSSR count). The average Bonchev–Trinajstić information content (AvgIpc) is 3.32. The molecule has 1 unspecified atom stereocenters. The van der Waals surface area contributed by atoms with Crippen LogP contribution in [0.5, 0.6) is 0 Å². The maximum absolute atomic E-state index is 12.2. The van der Waals surface area contributed by atoms with Crippen LogP contribution >= 0.6 is 22.9 Å². The second-order valence-corrected chi connectivity index (χ2v) is 7.76. The van der Waals surface area contributed by atoms with E-state index in [-0.39, 0.29) is 22.9 Å². The zero-order valence-corrected chi connectivity index (χ0v) is 16.3. The molecule has 2 N–H and O–H groups in total. The van der Waals surface area contributed by atoms with Gasteiger partial charge in [-0.1, -0.05) is 29.0 Å². The number of nitrogens with zero attached hydrogens (tertiary/aromatic N) is 2. The number of halogens is 1. The molecule has 2 heterocycles. The third kappa shape index (κ3) is 6.27. The Hall–Kier alpha value is -2.03. The van der Waals surface area contributed by atoms with Gasteiger partial charge in [0.1, 0.15) is 5.01 Å². The molecule has 27 heavy (non-hydrogen) atoms. The fraction of sp³-hybridized carbons (Fsp3) is 0.444. The van der Waals surface area contributed by atoms with Gasteiger partial charge in [0.15, 0.2) is 0 Å². The molecule has 0 aliphatic carbocycles. The SMILES string of the molecule is O=C(CCCc1nnc(C(=O)Nc2cccc(Cl)c2)s1)NCC1CCCO1. The standard InChI is InChI=1S/C18H21ClN4O3S/c19-12-4-1-5-13(10-12)21-17(25)18-23-22-16(27-18)8-2-7-15(24)20-11-14-6-3-9-26-14/h1,4-5,10,14H,2-3,6-9,11H2,(H,20,24)(H,21,25). The van der Waals surface area contributed by atoms with Crippen molar-refractivity contribution in [3.8, 4) is 0 Å². The van der Waals surface area contributed by atoms with Crippen LogP contribution in [0.3, 0.4) is 0 Å². The highest BCUT2D eigenvalue weighted by Gasteiger charge is 2.16. The Kier molecular flexibility index (Phi) is 7.14. The van der Waals surface area contributed by atoms with Crippen molar-refractivity contribution in [2.24, 2.45) is 0 Å². The monoisotopic (exact) mass is 408 g/mol. The van der Waals surface area contributed by atoms with Crippen LogP contribution in [0.4, 0.5) is 5.69 Å². The first kappa shape index (κ1) is 19.7. The molecule has 1 aromatic carbocycles. The van der Waals surface area contributed by atoms with Crippen LogP contribution in [-0.4, -0.2) is 41.3 Å². The van der Waals surface area contributed by atoms with Crippen LogP contribution in [-0.2, 0) is 16.0 Å². The topological polar surface area (TPSA) is 93.2 Å². The van der Waals surface area contributed by atoms with Crippen molar-refractivity contribution in [3.63, 3.8) is 0 Å². The van der Waals surface area contributed by atoms with Crippen LogP contribution in [0.15, 0.2) is 24.3 Å². The summed E-state index contributed by atoms with van der Waals surface area (Å²) in [6, 6.07) is 6.90. The van der Waals surface area contributed by atoms with E-state index in [9.17, 15) is 9.59 Å². The summed E-state index contributed by atoms with van der Waals surface area (Å²) in [5, 5.41) is 15.2. The zero-order valence-electron chi connectivity index (χ0n) is 14.7. The summed E-state index contributed by atoms with van der Waals surface area (Å²) >= 11 is 7.14. The Bertz CT molecular complexity index is 792. The molecular weight excluding hydrogens is 388 g/mol. The van der Waals surface area contributed by atoms with Crippen molar-refractivity contribution in [1.29, 1.82) is 0 Å². The van der Waals surface area contributed by atoms with Gasteiger partial charge >= 0.3 is 0 Å². The van der Waals surface area contributed by atoms with Gasteiger partial charge in [0.05, 0.1) is 6.10 Å². The maximum atomic E-state index is 12.2. The summed E-state index contributed by atoms with van der Waals surface area (Å²) in [6.45, 7) is 1.36. The Morgan fingerprint density at radius 1 is 1.33 bits per heavy atom. The van der Waals surface area contributed by atoms with Crippen LogP contribution in [0.25, 0.3) is 0 Å². The van der Waals surface area contributed by atoms with E-state index in [1.54, 1.807) is 24.3 Å². The van der Waals surface area contributed by atoms with Gasteiger partial charge in [0, 0.05) is 36.7 Å². The van der Waals surface area contributed by atoms with Gasteiger partial charge in [-0.15, -0.1) is 10.2 Å². The molecule has 0 spiro atoms. The molecule has 2 amide bonds. The van der Waals surface area contributed by atoms with E-state index in [4.69, 9.17) is 16.3 Å². The molecule has 1 aromatic heterocycles. The largest absolute Gasteiger partial charge is 0.376 e. The lowest BCUT2D eigenvalue weighted by atomic mass is 10.2. The number of hydrogen-bond donors (Lipinski definition) is 2. The van der Waals surface area contributed by atoms with Gasteiger partial charge in [-0.2, -0.15) is 0 Å². The summed E-state index contributed by atoms with van der Waals surface area (Å²) in [6.07, 6.45) is 3.89. The zero-order chi connectivity index (χ0) is 19.1. The van der Waals surface area contributed by atoms with Crippen LogP contribution in [0.2, 0.25) is 5.02 Å². The lowest BCUT2D eigenvalue weighted by molar-refractivity contribution is -0.121. The third-order valence-electron chi connectivity index (χ3n) is 4.09. The number of carbonyl (C=O) groups is 2. The number of rotatable bonds is 8. The van der Waals surface area contributed by atoms with Crippen molar-refractivity contribution in [2.45, 2.75) is 38.2 Å². The van der Waals surface area contributed by atoms with Gasteiger partial charge in [-0.05, 0) is 37.5 Å². The predicted molar refractivity (Wildman–Crippen MR) is 104 cm³/mol. The van der Waals surface area contributed by atoms with E-state index in [1.807, 2.05) is 0 Å². The van der Waals surface area contributed by atoms with Crippen molar-refractivity contribution < 1.29 is 14.3 Å². The minimum atomic E-state index is -0.324. The summed E-state index contributed by atoms with van der Waals surface area (Å²) in [7, 11) is 0. The second-order valence-electron chi connectivity index (χ2n) is 6.26. The van der Waals surface area contributed by atoms with E-state index in [0.717, 1.165) is 24.5 Å².